The Labute approximate surface area is 194 Å². The molecule has 0 amide bonds. The van der Waals surface area contributed by atoms with Crippen LogP contribution in [0.3, 0.4) is 0 Å². The Balaban J connectivity index is 1.73. The Morgan fingerprint density at radius 2 is 1.61 bits per heavy atom. The number of imidazole rings is 1. The molecule has 33 heavy (non-hydrogen) atoms. The molecule has 0 spiro atoms. The lowest BCUT2D eigenvalue weighted by molar-refractivity contribution is 0.430. The molecule has 3 aromatic carbocycles. The van der Waals surface area contributed by atoms with Gasteiger partial charge in [0.2, 0.25) is 5.88 Å². The lowest BCUT2D eigenvalue weighted by atomic mass is 10.2. The molecule has 0 atom stereocenters. The molecule has 0 radical (unpaired) electrons. The number of aliphatic imine (C=N–C) groups is 1. The van der Waals surface area contributed by atoms with Crippen molar-refractivity contribution in [2.45, 2.75) is 6.92 Å². The highest BCUT2D eigenvalue weighted by molar-refractivity contribution is 7.71. The number of aromatic nitrogens is 4. The van der Waals surface area contributed by atoms with Gasteiger partial charge in [0.25, 0.3) is 5.56 Å². The highest BCUT2D eigenvalue weighted by Crippen LogP contribution is 2.23. The summed E-state index contributed by atoms with van der Waals surface area (Å²) in [5, 5.41) is 11.1. The summed E-state index contributed by atoms with van der Waals surface area (Å²) in [6, 6.07) is 23.7. The number of rotatable bonds is 4. The van der Waals surface area contributed by atoms with E-state index in [-0.39, 0.29) is 16.2 Å². The van der Waals surface area contributed by atoms with Crippen LogP contribution >= 0.6 is 12.2 Å². The van der Waals surface area contributed by atoms with Gasteiger partial charge >= 0.3 is 0 Å². The van der Waals surface area contributed by atoms with E-state index in [1.165, 1.54) is 15.3 Å². The minimum atomic E-state index is -0.460. The number of aromatic amines is 1. The smallest absolute Gasteiger partial charge is 0.271 e. The largest absolute Gasteiger partial charge is 0.494 e. The van der Waals surface area contributed by atoms with Crippen molar-refractivity contribution in [2.24, 2.45) is 4.99 Å². The standard InChI is InChI=1S/C25H19N5O2S/c1-16-27-21-13-12-17(14-22(21)28-16)26-15-20-23(31)29(18-8-4-2-5-9-18)25(33)30(24(20)32)19-10-6-3-7-11-19/h2-15,31H,1H3,(H,27,28). The average molecular weight is 454 g/mol. The summed E-state index contributed by atoms with van der Waals surface area (Å²) in [5.41, 5.74) is 3.08. The van der Waals surface area contributed by atoms with Crippen LogP contribution in [0, 0.1) is 11.7 Å². The summed E-state index contributed by atoms with van der Waals surface area (Å²) >= 11 is 5.63. The first kappa shape index (κ1) is 20.6. The minimum Gasteiger partial charge on any atom is -0.494 e. The van der Waals surface area contributed by atoms with Crippen molar-refractivity contribution in [3.8, 4) is 17.3 Å². The molecular weight excluding hydrogens is 434 g/mol. The van der Waals surface area contributed by atoms with E-state index in [0.29, 0.717) is 17.1 Å². The van der Waals surface area contributed by atoms with Gasteiger partial charge in [0.1, 0.15) is 11.4 Å². The lowest BCUT2D eigenvalue weighted by Gasteiger charge is -2.16. The van der Waals surface area contributed by atoms with E-state index in [9.17, 15) is 9.90 Å². The van der Waals surface area contributed by atoms with Crippen molar-refractivity contribution < 1.29 is 5.11 Å². The van der Waals surface area contributed by atoms with E-state index in [1.807, 2.05) is 67.6 Å². The normalized spacial score (nSPS) is 11.4. The van der Waals surface area contributed by atoms with Crippen LogP contribution in [0.2, 0.25) is 0 Å². The van der Waals surface area contributed by atoms with E-state index >= 15 is 0 Å². The zero-order valence-corrected chi connectivity index (χ0v) is 18.5. The van der Waals surface area contributed by atoms with Gasteiger partial charge in [-0.05, 0) is 61.6 Å². The zero-order chi connectivity index (χ0) is 22.9. The number of para-hydroxylation sites is 2. The van der Waals surface area contributed by atoms with Crippen LogP contribution in [0.15, 0.2) is 88.6 Å². The maximum atomic E-state index is 13.4. The van der Waals surface area contributed by atoms with Crippen LogP contribution in [-0.4, -0.2) is 30.4 Å². The Kier molecular flexibility index (Phi) is 5.20. The molecular formula is C25H19N5O2S. The van der Waals surface area contributed by atoms with Gasteiger partial charge in [0, 0.05) is 6.21 Å². The second kappa shape index (κ2) is 8.33. The third-order valence-electron chi connectivity index (χ3n) is 5.22. The topological polar surface area (TPSA) is 88.2 Å². The highest BCUT2D eigenvalue weighted by Gasteiger charge is 2.18. The molecule has 5 rings (SSSR count). The summed E-state index contributed by atoms with van der Waals surface area (Å²) in [5.74, 6) is 0.532. The van der Waals surface area contributed by atoms with Gasteiger partial charge in [0.15, 0.2) is 4.77 Å². The van der Waals surface area contributed by atoms with E-state index in [2.05, 4.69) is 15.0 Å². The molecule has 0 aliphatic carbocycles. The zero-order valence-electron chi connectivity index (χ0n) is 17.6. The Morgan fingerprint density at radius 1 is 0.970 bits per heavy atom. The number of fused-ring (bicyclic) bond motifs is 1. The van der Waals surface area contributed by atoms with Crippen LogP contribution < -0.4 is 5.56 Å². The summed E-state index contributed by atoms with van der Waals surface area (Å²) in [6.07, 6.45) is 1.37. The first-order valence-corrected chi connectivity index (χ1v) is 10.7. The fraction of sp³-hybridized carbons (Fsp3) is 0.0400. The monoisotopic (exact) mass is 453 g/mol. The third kappa shape index (κ3) is 3.77. The first-order chi connectivity index (χ1) is 16.0. The third-order valence-corrected chi connectivity index (χ3v) is 5.59. The molecule has 7 nitrogen and oxygen atoms in total. The molecule has 0 unspecified atom stereocenters. The SMILES string of the molecule is Cc1nc2ccc(N=Cc3c(O)n(-c4ccccc4)c(=S)n(-c4ccccc4)c3=O)cc2[nH]1. The predicted molar refractivity (Wildman–Crippen MR) is 132 cm³/mol. The van der Waals surface area contributed by atoms with Gasteiger partial charge in [-0.3, -0.25) is 18.9 Å². The van der Waals surface area contributed by atoms with Gasteiger partial charge in [0.05, 0.1) is 28.1 Å². The molecule has 162 valence electrons. The Morgan fingerprint density at radius 3 is 2.27 bits per heavy atom. The van der Waals surface area contributed by atoms with Gasteiger partial charge in [-0.25, -0.2) is 4.98 Å². The average Bonchev–Trinajstić information content (AvgIpc) is 3.19. The fourth-order valence-electron chi connectivity index (χ4n) is 3.69. The van der Waals surface area contributed by atoms with Crippen LogP contribution in [0.4, 0.5) is 5.69 Å². The summed E-state index contributed by atoms with van der Waals surface area (Å²) < 4.78 is 3.01. The quantitative estimate of drug-likeness (QED) is 0.296. The van der Waals surface area contributed by atoms with Crippen LogP contribution in [0.5, 0.6) is 5.88 Å². The maximum Gasteiger partial charge on any atom is 0.271 e. The molecule has 0 fully saturated rings. The molecule has 8 heteroatoms. The van der Waals surface area contributed by atoms with Crippen LogP contribution in [-0.2, 0) is 0 Å². The number of H-pyrrole nitrogens is 1. The molecule has 0 saturated carbocycles. The summed E-state index contributed by atoms with van der Waals surface area (Å²) in [6.45, 7) is 1.88. The Bertz CT molecular complexity index is 1620. The highest BCUT2D eigenvalue weighted by atomic mass is 32.1. The maximum absolute atomic E-state index is 13.4. The van der Waals surface area contributed by atoms with E-state index in [4.69, 9.17) is 12.2 Å². The second-order valence-corrected chi connectivity index (χ2v) is 7.81. The van der Waals surface area contributed by atoms with Crippen molar-refractivity contribution in [3.63, 3.8) is 0 Å². The summed E-state index contributed by atoms with van der Waals surface area (Å²) in [7, 11) is 0. The number of hydrogen-bond acceptors (Lipinski definition) is 5. The number of benzene rings is 3. The van der Waals surface area contributed by atoms with Crippen molar-refractivity contribution in [3.05, 3.63) is 105 Å². The molecule has 2 N–H and O–H groups in total. The molecule has 2 heterocycles. The minimum absolute atomic E-state index is 0.0252. The summed E-state index contributed by atoms with van der Waals surface area (Å²) in [4.78, 5) is 25.5. The van der Waals surface area contributed by atoms with Crippen molar-refractivity contribution in [2.75, 3.05) is 0 Å². The molecule has 0 bridgehead atoms. The van der Waals surface area contributed by atoms with Crippen molar-refractivity contribution in [1.82, 2.24) is 19.1 Å². The van der Waals surface area contributed by atoms with E-state index in [0.717, 1.165) is 16.9 Å². The number of hydrogen-bond donors (Lipinski definition) is 2. The molecule has 0 aliphatic rings. The first-order valence-electron chi connectivity index (χ1n) is 10.3. The molecule has 2 aromatic heterocycles. The van der Waals surface area contributed by atoms with Gasteiger partial charge in [-0.1, -0.05) is 36.4 Å². The number of aromatic hydroxyl groups is 1. The van der Waals surface area contributed by atoms with Crippen LogP contribution in [0.1, 0.15) is 11.4 Å². The van der Waals surface area contributed by atoms with Gasteiger partial charge in [-0.15, -0.1) is 0 Å². The van der Waals surface area contributed by atoms with E-state index in [1.54, 1.807) is 18.2 Å². The Hall–Kier alpha value is -4.30. The molecule has 0 aliphatic heterocycles. The second-order valence-electron chi connectivity index (χ2n) is 7.45. The van der Waals surface area contributed by atoms with Gasteiger partial charge in [-0.2, -0.15) is 0 Å². The lowest BCUT2D eigenvalue weighted by Crippen LogP contribution is -2.27. The van der Waals surface area contributed by atoms with Gasteiger partial charge < -0.3 is 10.1 Å². The number of nitrogens with one attached hydrogen (secondary N) is 1. The number of nitrogens with zero attached hydrogens (tertiary/aromatic N) is 4. The van der Waals surface area contributed by atoms with E-state index < -0.39 is 5.56 Å². The van der Waals surface area contributed by atoms with Crippen molar-refractivity contribution in [1.29, 1.82) is 0 Å². The molecule has 5 aromatic rings. The predicted octanol–water partition coefficient (Wildman–Crippen LogP) is 5.00. The van der Waals surface area contributed by atoms with Crippen LogP contribution in [0.25, 0.3) is 22.4 Å². The number of aryl methyl sites for hydroxylation is 1. The molecule has 0 saturated heterocycles. The van der Waals surface area contributed by atoms with Crippen molar-refractivity contribution >= 4 is 35.2 Å². The fourth-order valence-corrected chi connectivity index (χ4v) is 4.07.